The molecular weight excluding hydrogens is 248 g/mol. The molecular formula is C17H32N2O. The summed E-state index contributed by atoms with van der Waals surface area (Å²) in [5, 5.41) is 6.82. The summed E-state index contributed by atoms with van der Waals surface area (Å²) in [6, 6.07) is 0.396. The second kappa shape index (κ2) is 6.46. The predicted molar refractivity (Wildman–Crippen MR) is 83.5 cm³/mol. The minimum Gasteiger partial charge on any atom is -0.353 e. The van der Waals surface area contributed by atoms with Gasteiger partial charge in [0.25, 0.3) is 0 Å². The van der Waals surface area contributed by atoms with Crippen LogP contribution in [0.1, 0.15) is 59.8 Å². The van der Waals surface area contributed by atoms with Gasteiger partial charge in [0.1, 0.15) is 0 Å². The summed E-state index contributed by atoms with van der Waals surface area (Å²) < 4.78 is 0. The minimum atomic E-state index is -0.182. The molecule has 0 aromatic heterocycles. The van der Waals surface area contributed by atoms with E-state index in [1.807, 2.05) is 0 Å². The Morgan fingerprint density at radius 3 is 2.45 bits per heavy atom. The van der Waals surface area contributed by atoms with Crippen molar-refractivity contribution in [1.82, 2.24) is 10.6 Å². The van der Waals surface area contributed by atoms with Gasteiger partial charge in [-0.3, -0.25) is 4.79 Å². The molecule has 2 fully saturated rings. The van der Waals surface area contributed by atoms with Crippen LogP contribution in [0, 0.1) is 23.2 Å². The third kappa shape index (κ3) is 3.03. The van der Waals surface area contributed by atoms with Crippen molar-refractivity contribution in [1.29, 1.82) is 0 Å². The van der Waals surface area contributed by atoms with Crippen molar-refractivity contribution in [3.63, 3.8) is 0 Å². The summed E-state index contributed by atoms with van der Waals surface area (Å²) in [6.45, 7) is 10.8. The molecule has 1 aliphatic heterocycles. The van der Waals surface area contributed by atoms with Gasteiger partial charge in [0.05, 0.1) is 5.41 Å². The van der Waals surface area contributed by atoms with Gasteiger partial charge in [-0.15, -0.1) is 0 Å². The standard InChI is InChI=1S/C17H32N2O/c1-12(2)14-7-5-6-8-15(14)19-16(20)17(13(3)4)9-10-18-11-17/h12-15,18H,5-11H2,1-4H3,(H,19,20). The van der Waals surface area contributed by atoms with Crippen LogP contribution in [-0.4, -0.2) is 25.0 Å². The average molecular weight is 280 g/mol. The monoisotopic (exact) mass is 280 g/mol. The molecule has 1 saturated carbocycles. The van der Waals surface area contributed by atoms with E-state index in [0.29, 0.717) is 29.7 Å². The van der Waals surface area contributed by atoms with Crippen molar-refractivity contribution >= 4 is 5.91 Å². The van der Waals surface area contributed by atoms with Crippen LogP contribution in [0.25, 0.3) is 0 Å². The lowest BCUT2D eigenvalue weighted by Gasteiger charge is -2.39. The molecule has 0 aromatic rings. The van der Waals surface area contributed by atoms with Crippen LogP contribution >= 0.6 is 0 Å². The topological polar surface area (TPSA) is 41.1 Å². The van der Waals surface area contributed by atoms with Gasteiger partial charge in [0, 0.05) is 12.6 Å². The van der Waals surface area contributed by atoms with E-state index in [4.69, 9.17) is 0 Å². The highest BCUT2D eigenvalue weighted by molar-refractivity contribution is 5.84. The van der Waals surface area contributed by atoms with Gasteiger partial charge in [-0.05, 0) is 43.6 Å². The van der Waals surface area contributed by atoms with E-state index in [-0.39, 0.29) is 5.41 Å². The fraction of sp³-hybridized carbons (Fsp3) is 0.941. The van der Waals surface area contributed by atoms with Crippen LogP contribution < -0.4 is 10.6 Å². The number of nitrogens with one attached hydrogen (secondary N) is 2. The lowest BCUT2D eigenvalue weighted by Crippen LogP contribution is -2.52. The van der Waals surface area contributed by atoms with Crippen LogP contribution in [0.2, 0.25) is 0 Å². The number of carbonyl (C=O) groups excluding carboxylic acids is 1. The first-order valence-electron chi connectivity index (χ1n) is 8.49. The van der Waals surface area contributed by atoms with E-state index in [1.54, 1.807) is 0 Å². The first-order valence-corrected chi connectivity index (χ1v) is 8.49. The highest BCUT2D eigenvalue weighted by atomic mass is 16.2. The molecule has 2 N–H and O–H groups in total. The Morgan fingerprint density at radius 2 is 1.90 bits per heavy atom. The van der Waals surface area contributed by atoms with E-state index >= 15 is 0 Å². The first-order chi connectivity index (χ1) is 9.47. The van der Waals surface area contributed by atoms with E-state index in [0.717, 1.165) is 25.9 Å². The van der Waals surface area contributed by atoms with Crippen molar-refractivity contribution in [2.24, 2.45) is 23.2 Å². The van der Waals surface area contributed by atoms with Gasteiger partial charge >= 0.3 is 0 Å². The van der Waals surface area contributed by atoms with Crippen molar-refractivity contribution in [2.75, 3.05) is 13.1 Å². The zero-order valence-corrected chi connectivity index (χ0v) is 13.7. The predicted octanol–water partition coefficient (Wildman–Crippen LogP) is 2.95. The van der Waals surface area contributed by atoms with Crippen molar-refractivity contribution in [3.8, 4) is 0 Å². The van der Waals surface area contributed by atoms with E-state index < -0.39 is 0 Å². The highest BCUT2D eigenvalue weighted by Gasteiger charge is 2.45. The molecule has 3 nitrogen and oxygen atoms in total. The number of carbonyl (C=O) groups is 1. The summed E-state index contributed by atoms with van der Waals surface area (Å²) in [5.74, 6) is 2.03. The lowest BCUT2D eigenvalue weighted by atomic mass is 9.73. The molecule has 3 atom stereocenters. The van der Waals surface area contributed by atoms with E-state index in [2.05, 4.69) is 38.3 Å². The molecule has 1 aliphatic carbocycles. The first kappa shape index (κ1) is 15.8. The molecule has 1 heterocycles. The fourth-order valence-electron chi connectivity index (χ4n) is 4.11. The Balaban J connectivity index is 2.05. The maximum absolute atomic E-state index is 12.9. The molecule has 1 amide bonds. The molecule has 2 rings (SSSR count). The smallest absolute Gasteiger partial charge is 0.228 e. The normalized spacial score (nSPS) is 34.7. The molecule has 0 bridgehead atoms. The molecule has 0 spiro atoms. The van der Waals surface area contributed by atoms with Crippen LogP contribution in [0.15, 0.2) is 0 Å². The maximum atomic E-state index is 12.9. The zero-order chi connectivity index (χ0) is 14.8. The molecule has 3 unspecified atom stereocenters. The van der Waals surface area contributed by atoms with Crippen molar-refractivity contribution < 1.29 is 4.79 Å². The van der Waals surface area contributed by atoms with Gasteiger partial charge in [0.15, 0.2) is 0 Å². The summed E-state index contributed by atoms with van der Waals surface area (Å²) in [4.78, 5) is 12.9. The molecule has 2 aliphatic rings. The molecule has 3 heteroatoms. The summed E-state index contributed by atoms with van der Waals surface area (Å²) >= 11 is 0. The quantitative estimate of drug-likeness (QED) is 0.831. The molecule has 0 aromatic carbocycles. The Bertz CT molecular complexity index is 332. The van der Waals surface area contributed by atoms with Crippen molar-refractivity contribution in [2.45, 2.75) is 65.8 Å². The van der Waals surface area contributed by atoms with Gasteiger partial charge in [-0.25, -0.2) is 0 Å². The van der Waals surface area contributed by atoms with E-state index in [9.17, 15) is 4.79 Å². The number of rotatable bonds is 4. The Hall–Kier alpha value is -0.570. The summed E-state index contributed by atoms with van der Waals surface area (Å²) in [6.07, 6.45) is 6.01. The van der Waals surface area contributed by atoms with Crippen LogP contribution in [0.4, 0.5) is 0 Å². The second-order valence-corrected chi connectivity index (χ2v) is 7.51. The van der Waals surface area contributed by atoms with Gasteiger partial charge in [-0.1, -0.05) is 40.5 Å². The fourth-order valence-corrected chi connectivity index (χ4v) is 4.11. The Morgan fingerprint density at radius 1 is 1.20 bits per heavy atom. The number of hydrogen-bond donors (Lipinski definition) is 2. The summed E-state index contributed by atoms with van der Waals surface area (Å²) in [5.41, 5.74) is -0.182. The summed E-state index contributed by atoms with van der Waals surface area (Å²) in [7, 11) is 0. The molecule has 116 valence electrons. The highest BCUT2D eigenvalue weighted by Crippen LogP contribution is 2.36. The van der Waals surface area contributed by atoms with Crippen LogP contribution in [-0.2, 0) is 4.79 Å². The average Bonchev–Trinajstić information content (AvgIpc) is 2.89. The van der Waals surface area contributed by atoms with Gasteiger partial charge in [-0.2, -0.15) is 0 Å². The number of amides is 1. The molecule has 0 radical (unpaired) electrons. The van der Waals surface area contributed by atoms with Gasteiger partial charge in [0.2, 0.25) is 5.91 Å². The Labute approximate surface area is 124 Å². The third-order valence-corrected chi connectivity index (χ3v) is 5.74. The minimum absolute atomic E-state index is 0.182. The van der Waals surface area contributed by atoms with Crippen LogP contribution in [0.5, 0.6) is 0 Å². The molecule has 20 heavy (non-hydrogen) atoms. The second-order valence-electron chi connectivity index (χ2n) is 7.51. The maximum Gasteiger partial charge on any atom is 0.228 e. The van der Waals surface area contributed by atoms with Crippen molar-refractivity contribution in [3.05, 3.63) is 0 Å². The molecule has 1 saturated heterocycles. The number of hydrogen-bond acceptors (Lipinski definition) is 2. The van der Waals surface area contributed by atoms with Crippen LogP contribution in [0.3, 0.4) is 0 Å². The van der Waals surface area contributed by atoms with E-state index in [1.165, 1.54) is 19.3 Å². The third-order valence-electron chi connectivity index (χ3n) is 5.74. The van der Waals surface area contributed by atoms with Gasteiger partial charge < -0.3 is 10.6 Å². The zero-order valence-electron chi connectivity index (χ0n) is 13.7. The largest absolute Gasteiger partial charge is 0.353 e. The Kier molecular flexibility index (Phi) is 5.11. The SMILES string of the molecule is CC(C)C1CCCCC1NC(=O)C1(C(C)C)CCNC1. The lowest BCUT2D eigenvalue weighted by molar-refractivity contribution is -0.134.